The van der Waals surface area contributed by atoms with Crippen molar-refractivity contribution in [2.75, 3.05) is 18.8 Å². The third-order valence-corrected chi connectivity index (χ3v) is 4.57. The summed E-state index contributed by atoms with van der Waals surface area (Å²) in [5.74, 6) is 0.0182. The van der Waals surface area contributed by atoms with Gasteiger partial charge in [-0.2, -0.15) is 4.68 Å². The van der Waals surface area contributed by atoms with Crippen molar-refractivity contribution in [3.05, 3.63) is 6.33 Å². The maximum Gasteiger partial charge on any atom is 0.346 e. The average molecular weight is 302 g/mol. The number of amides is 1. The molecule has 0 radical (unpaired) electrons. The second-order valence-corrected chi connectivity index (χ2v) is 6.46. The van der Waals surface area contributed by atoms with Gasteiger partial charge in [0.05, 0.1) is 5.75 Å². The van der Waals surface area contributed by atoms with E-state index in [0.29, 0.717) is 19.5 Å². The van der Waals surface area contributed by atoms with Gasteiger partial charge in [0, 0.05) is 13.1 Å². The number of hydrogen-bond acceptors (Lipinski definition) is 5. The molecule has 20 heavy (non-hydrogen) atoms. The first-order valence-corrected chi connectivity index (χ1v) is 8.55. The molecule has 0 aliphatic rings. The molecule has 0 bridgehead atoms. The lowest BCUT2D eigenvalue weighted by molar-refractivity contribution is 0.201. The number of nitrogens with zero attached hydrogens (tertiary/aromatic N) is 4. The highest BCUT2D eigenvalue weighted by atomic mass is 32.2. The van der Waals surface area contributed by atoms with E-state index in [1.54, 1.807) is 4.90 Å². The number of rotatable bonds is 7. The largest absolute Gasteiger partial charge is 0.346 e. The van der Waals surface area contributed by atoms with Crippen LogP contribution in [0.4, 0.5) is 4.79 Å². The van der Waals surface area contributed by atoms with E-state index in [1.165, 1.54) is 0 Å². The summed E-state index contributed by atoms with van der Waals surface area (Å²) in [5, 5.41) is 3.53. The number of carbonyl (C=O) groups is 1. The standard InChI is InChI=1S/C12H22N4O3S/c1-4-7-8-9-20(18,19)11-13-10-16(14-11)12(17)15(5-2)6-3/h10H,4-9H2,1-3H3. The SMILES string of the molecule is CCCCCS(=O)(=O)c1ncn(C(=O)N(CC)CC)n1. The van der Waals surface area contributed by atoms with Crippen molar-refractivity contribution >= 4 is 15.9 Å². The van der Waals surface area contributed by atoms with E-state index in [-0.39, 0.29) is 16.9 Å². The van der Waals surface area contributed by atoms with Crippen LogP contribution in [-0.4, -0.2) is 53.0 Å². The molecule has 114 valence electrons. The van der Waals surface area contributed by atoms with Crippen LogP contribution >= 0.6 is 0 Å². The van der Waals surface area contributed by atoms with Gasteiger partial charge in [-0.15, -0.1) is 5.10 Å². The first-order chi connectivity index (χ1) is 9.46. The third-order valence-electron chi connectivity index (χ3n) is 3.00. The molecule has 0 spiro atoms. The first kappa shape index (κ1) is 16.6. The summed E-state index contributed by atoms with van der Waals surface area (Å²) in [5.41, 5.74) is 0. The summed E-state index contributed by atoms with van der Waals surface area (Å²) < 4.78 is 25.0. The lowest BCUT2D eigenvalue weighted by Crippen LogP contribution is -2.34. The summed E-state index contributed by atoms with van der Waals surface area (Å²) in [6, 6.07) is -0.363. The first-order valence-electron chi connectivity index (χ1n) is 6.89. The molecule has 0 saturated carbocycles. The molecule has 1 aromatic rings. The maximum atomic E-state index is 12.0. The Kier molecular flexibility index (Phi) is 6.12. The zero-order valence-corrected chi connectivity index (χ0v) is 13.1. The summed E-state index contributed by atoms with van der Waals surface area (Å²) in [6.45, 7) is 6.77. The fourth-order valence-corrected chi connectivity index (χ4v) is 2.94. The molecular weight excluding hydrogens is 280 g/mol. The fraction of sp³-hybridized carbons (Fsp3) is 0.750. The Morgan fingerprint density at radius 2 is 1.90 bits per heavy atom. The zero-order valence-electron chi connectivity index (χ0n) is 12.2. The van der Waals surface area contributed by atoms with Crippen LogP contribution in [-0.2, 0) is 9.84 Å². The number of carbonyl (C=O) groups excluding carboxylic acids is 1. The van der Waals surface area contributed by atoms with Crippen LogP contribution in [0.3, 0.4) is 0 Å². The van der Waals surface area contributed by atoms with E-state index in [2.05, 4.69) is 10.1 Å². The molecule has 1 heterocycles. The Labute approximate surface area is 119 Å². The van der Waals surface area contributed by atoms with Gasteiger partial charge in [-0.25, -0.2) is 18.2 Å². The Morgan fingerprint density at radius 1 is 1.25 bits per heavy atom. The predicted molar refractivity (Wildman–Crippen MR) is 75.3 cm³/mol. The fourth-order valence-electron chi connectivity index (χ4n) is 1.75. The van der Waals surface area contributed by atoms with Gasteiger partial charge in [-0.05, 0) is 20.3 Å². The van der Waals surface area contributed by atoms with Gasteiger partial charge < -0.3 is 4.90 Å². The van der Waals surface area contributed by atoms with Crippen LogP contribution in [0.5, 0.6) is 0 Å². The van der Waals surface area contributed by atoms with E-state index in [9.17, 15) is 13.2 Å². The van der Waals surface area contributed by atoms with E-state index in [1.807, 2.05) is 20.8 Å². The number of sulfone groups is 1. The van der Waals surface area contributed by atoms with Gasteiger partial charge >= 0.3 is 6.03 Å². The zero-order chi connectivity index (χ0) is 15.2. The molecule has 1 rings (SSSR count). The molecule has 0 unspecified atom stereocenters. The van der Waals surface area contributed by atoms with Crippen LogP contribution in [0.2, 0.25) is 0 Å². The van der Waals surface area contributed by atoms with Crippen LogP contribution in [0, 0.1) is 0 Å². The average Bonchev–Trinajstić information content (AvgIpc) is 2.90. The lowest BCUT2D eigenvalue weighted by Gasteiger charge is -2.17. The summed E-state index contributed by atoms with van der Waals surface area (Å²) >= 11 is 0. The van der Waals surface area contributed by atoms with Gasteiger partial charge in [0.2, 0.25) is 9.84 Å². The van der Waals surface area contributed by atoms with Crippen molar-refractivity contribution in [2.24, 2.45) is 0 Å². The maximum absolute atomic E-state index is 12.0. The normalized spacial score (nSPS) is 11.6. The molecule has 7 nitrogen and oxygen atoms in total. The van der Waals surface area contributed by atoms with Gasteiger partial charge in [0.25, 0.3) is 5.16 Å². The van der Waals surface area contributed by atoms with Crippen molar-refractivity contribution in [3.8, 4) is 0 Å². The van der Waals surface area contributed by atoms with E-state index < -0.39 is 9.84 Å². The van der Waals surface area contributed by atoms with E-state index in [0.717, 1.165) is 23.9 Å². The van der Waals surface area contributed by atoms with Crippen molar-refractivity contribution in [1.82, 2.24) is 19.7 Å². The molecule has 0 N–H and O–H groups in total. The molecule has 0 fully saturated rings. The minimum Gasteiger partial charge on any atom is -0.323 e. The number of hydrogen-bond donors (Lipinski definition) is 0. The quantitative estimate of drug-likeness (QED) is 0.713. The Bertz CT molecular complexity index is 535. The minimum atomic E-state index is -3.50. The molecule has 0 aliphatic carbocycles. The van der Waals surface area contributed by atoms with E-state index in [4.69, 9.17) is 0 Å². The van der Waals surface area contributed by atoms with Crippen LogP contribution < -0.4 is 0 Å². The molecule has 0 aromatic carbocycles. The minimum absolute atomic E-state index is 0.0182. The topological polar surface area (TPSA) is 85.2 Å². The monoisotopic (exact) mass is 302 g/mol. The van der Waals surface area contributed by atoms with Crippen molar-refractivity contribution < 1.29 is 13.2 Å². The molecule has 0 aliphatic heterocycles. The van der Waals surface area contributed by atoms with Crippen LogP contribution in [0.1, 0.15) is 40.0 Å². The number of aromatic nitrogens is 3. The molecule has 0 saturated heterocycles. The highest BCUT2D eigenvalue weighted by molar-refractivity contribution is 7.91. The molecular formula is C12H22N4O3S. The lowest BCUT2D eigenvalue weighted by atomic mass is 10.3. The molecule has 1 amide bonds. The predicted octanol–water partition coefficient (Wildman–Crippen LogP) is 1.55. The highest BCUT2D eigenvalue weighted by Gasteiger charge is 2.22. The Morgan fingerprint density at radius 3 is 2.45 bits per heavy atom. The Hall–Kier alpha value is -1.44. The Balaban J connectivity index is 2.83. The third kappa shape index (κ3) is 4.03. The van der Waals surface area contributed by atoms with Gasteiger partial charge in [-0.1, -0.05) is 19.8 Å². The summed E-state index contributed by atoms with van der Waals surface area (Å²) in [7, 11) is -3.50. The van der Waals surface area contributed by atoms with Gasteiger partial charge in [-0.3, -0.25) is 0 Å². The van der Waals surface area contributed by atoms with Crippen molar-refractivity contribution in [3.63, 3.8) is 0 Å². The molecule has 1 aromatic heterocycles. The van der Waals surface area contributed by atoms with Crippen molar-refractivity contribution in [1.29, 1.82) is 0 Å². The number of unbranched alkanes of at least 4 members (excludes halogenated alkanes) is 2. The molecule has 8 heteroatoms. The van der Waals surface area contributed by atoms with Gasteiger partial charge in [0.15, 0.2) is 0 Å². The van der Waals surface area contributed by atoms with Crippen molar-refractivity contribution in [2.45, 2.75) is 45.2 Å². The van der Waals surface area contributed by atoms with Crippen LogP contribution in [0.15, 0.2) is 11.5 Å². The van der Waals surface area contributed by atoms with Crippen LogP contribution in [0.25, 0.3) is 0 Å². The van der Waals surface area contributed by atoms with Gasteiger partial charge in [0.1, 0.15) is 6.33 Å². The summed E-state index contributed by atoms with van der Waals surface area (Å²) in [6.07, 6.45) is 3.53. The highest BCUT2D eigenvalue weighted by Crippen LogP contribution is 2.08. The second kappa shape index (κ2) is 7.37. The van der Waals surface area contributed by atoms with E-state index >= 15 is 0 Å². The second-order valence-electron chi connectivity index (χ2n) is 4.45. The summed E-state index contributed by atoms with van der Waals surface area (Å²) in [4.78, 5) is 17.3. The smallest absolute Gasteiger partial charge is 0.323 e. The molecule has 0 atom stereocenters.